The van der Waals surface area contributed by atoms with Crippen LogP contribution in [0, 0.1) is 0 Å². The molecule has 0 bridgehead atoms. The fourth-order valence-corrected chi connectivity index (χ4v) is 2.50. The Hall–Kier alpha value is -2.38. The quantitative estimate of drug-likeness (QED) is 0.770. The van der Waals surface area contributed by atoms with E-state index in [-0.39, 0.29) is 13.0 Å². The van der Waals surface area contributed by atoms with Gasteiger partial charge in [-0.2, -0.15) is 13.2 Å². The second-order valence-electron chi connectivity index (χ2n) is 5.64. The summed E-state index contributed by atoms with van der Waals surface area (Å²) in [6.07, 6.45) is -6.64. The van der Waals surface area contributed by atoms with Crippen molar-refractivity contribution in [3.8, 4) is 0 Å². The van der Waals surface area contributed by atoms with Crippen LogP contribution >= 0.6 is 0 Å². The van der Waals surface area contributed by atoms with Gasteiger partial charge in [-0.05, 0) is 5.56 Å². The Bertz CT molecular complexity index is 631. The number of likely N-dealkylation sites (N-methyl/N-ethyl adjacent to an activating group) is 1. The highest BCUT2D eigenvalue weighted by Crippen LogP contribution is 2.24. The standard InChI is InChI=1S/C16H17F3N2O3/c1-20(13(22)7-8-16(17,18)19)12-9-14(23)21(15(12)24)10-11-5-3-2-4-6-11/h2-6,12H,7-10H2,1H3/t12-/m1/s1. The van der Waals surface area contributed by atoms with Gasteiger partial charge in [-0.25, -0.2) is 0 Å². The molecule has 1 atom stereocenters. The first-order valence-electron chi connectivity index (χ1n) is 7.39. The summed E-state index contributed by atoms with van der Waals surface area (Å²) in [4.78, 5) is 38.2. The summed E-state index contributed by atoms with van der Waals surface area (Å²) >= 11 is 0. The zero-order valence-corrected chi connectivity index (χ0v) is 13.0. The van der Waals surface area contributed by atoms with Gasteiger partial charge in [0.1, 0.15) is 6.04 Å². The van der Waals surface area contributed by atoms with E-state index in [2.05, 4.69) is 0 Å². The molecule has 1 aliphatic rings. The predicted molar refractivity (Wildman–Crippen MR) is 78.5 cm³/mol. The summed E-state index contributed by atoms with van der Waals surface area (Å²) in [5.41, 5.74) is 0.755. The number of carbonyl (C=O) groups excluding carboxylic acids is 3. The lowest BCUT2D eigenvalue weighted by Gasteiger charge is -2.23. The number of rotatable bonds is 5. The summed E-state index contributed by atoms with van der Waals surface area (Å²) < 4.78 is 36.6. The van der Waals surface area contributed by atoms with Crippen LogP contribution in [-0.4, -0.2) is 46.8 Å². The third kappa shape index (κ3) is 4.33. The minimum atomic E-state index is -4.44. The first-order chi connectivity index (χ1) is 11.2. The van der Waals surface area contributed by atoms with Crippen LogP contribution in [0.3, 0.4) is 0 Å². The molecule has 0 spiro atoms. The molecule has 1 aliphatic heterocycles. The van der Waals surface area contributed by atoms with Crippen molar-refractivity contribution in [1.29, 1.82) is 0 Å². The monoisotopic (exact) mass is 342 g/mol. The predicted octanol–water partition coefficient (Wildman–Crippen LogP) is 2.12. The lowest BCUT2D eigenvalue weighted by Crippen LogP contribution is -2.43. The first-order valence-corrected chi connectivity index (χ1v) is 7.39. The molecule has 1 heterocycles. The van der Waals surface area contributed by atoms with Crippen LogP contribution < -0.4 is 0 Å². The van der Waals surface area contributed by atoms with E-state index in [1.807, 2.05) is 0 Å². The molecule has 5 nitrogen and oxygen atoms in total. The lowest BCUT2D eigenvalue weighted by molar-refractivity contribution is -0.151. The van der Waals surface area contributed by atoms with Crippen molar-refractivity contribution in [2.45, 2.75) is 38.0 Å². The van der Waals surface area contributed by atoms with Gasteiger partial charge in [-0.15, -0.1) is 0 Å². The highest BCUT2D eigenvalue weighted by Gasteiger charge is 2.42. The molecule has 8 heteroatoms. The van der Waals surface area contributed by atoms with E-state index in [4.69, 9.17) is 0 Å². The van der Waals surface area contributed by atoms with Crippen LogP contribution in [0.2, 0.25) is 0 Å². The molecule has 0 radical (unpaired) electrons. The van der Waals surface area contributed by atoms with Gasteiger partial charge < -0.3 is 4.90 Å². The molecule has 24 heavy (non-hydrogen) atoms. The Kier molecular flexibility index (Phi) is 5.26. The molecule has 1 aromatic carbocycles. The van der Waals surface area contributed by atoms with Gasteiger partial charge in [-0.1, -0.05) is 30.3 Å². The maximum absolute atomic E-state index is 12.4. The van der Waals surface area contributed by atoms with Crippen molar-refractivity contribution in [3.05, 3.63) is 35.9 Å². The van der Waals surface area contributed by atoms with E-state index >= 15 is 0 Å². The molecule has 0 unspecified atom stereocenters. The van der Waals surface area contributed by atoms with Crippen LogP contribution in [0.25, 0.3) is 0 Å². The van der Waals surface area contributed by atoms with E-state index in [0.717, 1.165) is 15.4 Å². The van der Waals surface area contributed by atoms with Gasteiger partial charge in [-0.3, -0.25) is 19.3 Å². The average Bonchev–Trinajstić information content (AvgIpc) is 2.80. The van der Waals surface area contributed by atoms with Gasteiger partial charge in [0.05, 0.1) is 19.4 Å². The number of hydrogen-bond acceptors (Lipinski definition) is 3. The van der Waals surface area contributed by atoms with Crippen LogP contribution in [0.15, 0.2) is 30.3 Å². The summed E-state index contributed by atoms with van der Waals surface area (Å²) in [6.45, 7) is 0.0829. The Labute approximate surface area is 137 Å². The zero-order chi connectivity index (χ0) is 17.9. The van der Waals surface area contributed by atoms with Gasteiger partial charge in [0, 0.05) is 13.5 Å². The lowest BCUT2D eigenvalue weighted by atomic mass is 10.2. The van der Waals surface area contributed by atoms with Gasteiger partial charge >= 0.3 is 6.18 Å². The van der Waals surface area contributed by atoms with Crippen LogP contribution in [0.1, 0.15) is 24.8 Å². The summed E-state index contributed by atoms with van der Waals surface area (Å²) in [6, 6.07) is 7.81. The number of benzene rings is 1. The number of hydrogen-bond donors (Lipinski definition) is 0. The van der Waals surface area contributed by atoms with Crippen LogP contribution in [0.4, 0.5) is 13.2 Å². The van der Waals surface area contributed by atoms with Crippen molar-refractivity contribution in [3.63, 3.8) is 0 Å². The maximum atomic E-state index is 12.4. The molecule has 1 saturated heterocycles. The third-order valence-corrected chi connectivity index (χ3v) is 3.89. The third-order valence-electron chi connectivity index (χ3n) is 3.89. The number of likely N-dealkylation sites (tertiary alicyclic amines) is 1. The van der Waals surface area contributed by atoms with E-state index in [0.29, 0.717) is 0 Å². The smallest absolute Gasteiger partial charge is 0.333 e. The topological polar surface area (TPSA) is 57.7 Å². The van der Waals surface area contributed by atoms with Gasteiger partial charge in [0.25, 0.3) is 5.91 Å². The van der Waals surface area contributed by atoms with E-state index in [9.17, 15) is 27.6 Å². The molecule has 130 valence electrons. The number of amides is 3. The average molecular weight is 342 g/mol. The highest BCUT2D eigenvalue weighted by molar-refractivity contribution is 6.06. The molecule has 1 fully saturated rings. The Balaban J connectivity index is 2.01. The van der Waals surface area contributed by atoms with E-state index in [1.54, 1.807) is 30.3 Å². The fourth-order valence-electron chi connectivity index (χ4n) is 2.50. The minimum Gasteiger partial charge on any atom is -0.333 e. The zero-order valence-electron chi connectivity index (χ0n) is 13.0. The van der Waals surface area contributed by atoms with E-state index < -0.39 is 42.8 Å². The maximum Gasteiger partial charge on any atom is 0.389 e. The second kappa shape index (κ2) is 7.02. The van der Waals surface area contributed by atoms with Gasteiger partial charge in [0.15, 0.2) is 0 Å². The van der Waals surface area contributed by atoms with Crippen molar-refractivity contribution in [2.24, 2.45) is 0 Å². The Morgan fingerprint density at radius 3 is 2.46 bits per heavy atom. The summed E-state index contributed by atoms with van der Waals surface area (Å²) in [5.74, 6) is -1.81. The largest absolute Gasteiger partial charge is 0.389 e. The minimum absolute atomic E-state index is 0.0829. The Morgan fingerprint density at radius 2 is 1.88 bits per heavy atom. The number of alkyl halides is 3. The van der Waals surface area contributed by atoms with Crippen LogP contribution in [-0.2, 0) is 20.9 Å². The normalized spacial score (nSPS) is 18.2. The number of carbonyl (C=O) groups is 3. The van der Waals surface area contributed by atoms with Crippen molar-refractivity contribution < 1.29 is 27.6 Å². The molecule has 3 amide bonds. The molecule has 0 aromatic heterocycles. The SMILES string of the molecule is CN(C(=O)CCC(F)(F)F)[C@@H]1CC(=O)N(Cc2ccccc2)C1=O. The summed E-state index contributed by atoms with van der Waals surface area (Å²) in [5, 5.41) is 0. The molecule has 0 saturated carbocycles. The number of halogens is 3. The summed E-state index contributed by atoms with van der Waals surface area (Å²) in [7, 11) is 1.25. The molecule has 0 aliphatic carbocycles. The molecule has 0 N–H and O–H groups in total. The van der Waals surface area contributed by atoms with Crippen molar-refractivity contribution in [2.75, 3.05) is 7.05 Å². The fraction of sp³-hybridized carbons (Fsp3) is 0.438. The molecule has 2 rings (SSSR count). The van der Waals surface area contributed by atoms with E-state index in [1.165, 1.54) is 7.05 Å². The molecule has 1 aromatic rings. The van der Waals surface area contributed by atoms with Crippen LogP contribution in [0.5, 0.6) is 0 Å². The van der Waals surface area contributed by atoms with Crippen molar-refractivity contribution in [1.82, 2.24) is 9.80 Å². The highest BCUT2D eigenvalue weighted by atomic mass is 19.4. The molecular formula is C16H17F3N2O3. The second-order valence-corrected chi connectivity index (χ2v) is 5.64. The Morgan fingerprint density at radius 1 is 1.25 bits per heavy atom. The molecular weight excluding hydrogens is 325 g/mol. The number of imide groups is 1. The van der Waals surface area contributed by atoms with Gasteiger partial charge in [0.2, 0.25) is 11.8 Å². The number of nitrogens with zero attached hydrogens (tertiary/aromatic N) is 2. The van der Waals surface area contributed by atoms with Crippen molar-refractivity contribution >= 4 is 17.7 Å². The first kappa shape index (κ1) is 18.0.